The van der Waals surface area contributed by atoms with Crippen molar-refractivity contribution in [3.05, 3.63) is 52.7 Å². The minimum atomic E-state index is -0.279. The lowest BCUT2D eigenvalue weighted by atomic mass is 10.1. The van der Waals surface area contributed by atoms with Gasteiger partial charge in [0.2, 0.25) is 0 Å². The number of rotatable bonds is 4. The minimum Gasteiger partial charge on any atom is -0.497 e. The molecule has 0 spiro atoms. The number of nitrogens with zero attached hydrogens (tertiary/aromatic N) is 2. The molecule has 1 aliphatic heterocycles. The fourth-order valence-corrected chi connectivity index (χ4v) is 4.48. The van der Waals surface area contributed by atoms with Crippen molar-refractivity contribution < 1.29 is 14.3 Å². The average Bonchev–Trinajstić information content (AvgIpc) is 3.04. The van der Waals surface area contributed by atoms with Crippen LogP contribution in [0.5, 0.6) is 11.5 Å². The van der Waals surface area contributed by atoms with Gasteiger partial charge in [0.25, 0.3) is 5.91 Å². The van der Waals surface area contributed by atoms with E-state index in [9.17, 15) is 4.79 Å². The van der Waals surface area contributed by atoms with Crippen molar-refractivity contribution >= 4 is 35.0 Å². The zero-order valence-electron chi connectivity index (χ0n) is 15.6. The van der Waals surface area contributed by atoms with Crippen LogP contribution in [-0.2, 0) is 12.8 Å². The van der Waals surface area contributed by atoms with Gasteiger partial charge in [0, 0.05) is 57.7 Å². The highest BCUT2D eigenvalue weighted by atomic mass is 35.5. The summed E-state index contributed by atoms with van der Waals surface area (Å²) in [6.07, 6.45) is 0. The largest absolute Gasteiger partial charge is 0.497 e. The van der Waals surface area contributed by atoms with Crippen LogP contribution in [0.2, 0.25) is 5.02 Å². The number of benzene rings is 2. The molecule has 3 aromatic rings. The van der Waals surface area contributed by atoms with E-state index in [1.54, 1.807) is 48.9 Å². The zero-order chi connectivity index (χ0) is 19.8. The van der Waals surface area contributed by atoms with Crippen molar-refractivity contribution in [1.29, 1.82) is 0 Å². The Hall–Kier alpha value is -2.64. The van der Waals surface area contributed by atoms with E-state index in [0.29, 0.717) is 33.7 Å². The molecular formula is C20H18ClN3O3S. The molecule has 6 nitrogen and oxygen atoms in total. The normalized spacial score (nSPS) is 12.1. The first-order valence-electron chi connectivity index (χ1n) is 8.53. The van der Waals surface area contributed by atoms with Crippen molar-refractivity contribution in [3.8, 4) is 22.8 Å². The Morgan fingerprint density at radius 1 is 1.18 bits per heavy atom. The molecule has 0 saturated heterocycles. The summed E-state index contributed by atoms with van der Waals surface area (Å²) in [5.74, 6) is 1.58. The van der Waals surface area contributed by atoms with Gasteiger partial charge < -0.3 is 14.8 Å². The number of thioether (sulfide) groups is 1. The van der Waals surface area contributed by atoms with Gasteiger partial charge in [0.05, 0.1) is 19.9 Å². The molecule has 2 aromatic carbocycles. The maximum atomic E-state index is 13.0. The molecule has 144 valence electrons. The lowest BCUT2D eigenvalue weighted by Crippen LogP contribution is -2.15. The predicted molar refractivity (Wildman–Crippen MR) is 111 cm³/mol. The monoisotopic (exact) mass is 415 g/mol. The Morgan fingerprint density at radius 3 is 2.57 bits per heavy atom. The number of hydrogen-bond acceptors (Lipinski definition) is 5. The molecule has 2 heterocycles. The van der Waals surface area contributed by atoms with Gasteiger partial charge in [-0.1, -0.05) is 11.6 Å². The Balaban J connectivity index is 1.70. The van der Waals surface area contributed by atoms with Crippen LogP contribution in [0, 0.1) is 0 Å². The fraction of sp³-hybridized carbons (Fsp3) is 0.200. The van der Waals surface area contributed by atoms with Crippen molar-refractivity contribution in [3.63, 3.8) is 0 Å². The molecule has 0 saturated carbocycles. The molecular weight excluding hydrogens is 398 g/mol. The third-order valence-electron chi connectivity index (χ3n) is 4.54. The topological polar surface area (TPSA) is 65.4 Å². The number of aromatic nitrogens is 2. The van der Waals surface area contributed by atoms with Gasteiger partial charge in [-0.2, -0.15) is 5.10 Å². The van der Waals surface area contributed by atoms with Gasteiger partial charge in [-0.15, -0.1) is 11.8 Å². The van der Waals surface area contributed by atoms with E-state index in [1.807, 2.05) is 25.2 Å². The maximum Gasteiger partial charge on any atom is 0.276 e. The van der Waals surface area contributed by atoms with Crippen LogP contribution in [0.15, 0.2) is 41.3 Å². The van der Waals surface area contributed by atoms with E-state index in [2.05, 4.69) is 10.4 Å². The van der Waals surface area contributed by atoms with Crippen LogP contribution in [0.4, 0.5) is 5.69 Å². The highest BCUT2D eigenvalue weighted by Crippen LogP contribution is 2.43. The summed E-state index contributed by atoms with van der Waals surface area (Å²) in [5, 5.41) is 8.04. The summed E-state index contributed by atoms with van der Waals surface area (Å²) in [5.41, 5.74) is 3.79. The molecule has 0 unspecified atom stereocenters. The average molecular weight is 416 g/mol. The van der Waals surface area contributed by atoms with E-state index in [4.69, 9.17) is 21.1 Å². The third kappa shape index (κ3) is 3.31. The van der Waals surface area contributed by atoms with Crippen LogP contribution in [0.3, 0.4) is 0 Å². The number of methoxy groups -OCH3 is 2. The molecule has 1 aliphatic rings. The summed E-state index contributed by atoms with van der Waals surface area (Å²) in [7, 11) is 4.97. The van der Waals surface area contributed by atoms with Gasteiger partial charge >= 0.3 is 0 Å². The molecule has 0 aliphatic carbocycles. The Bertz CT molecular complexity index is 1060. The number of ether oxygens (including phenoxy) is 2. The van der Waals surface area contributed by atoms with Crippen molar-refractivity contribution in [2.75, 3.05) is 19.5 Å². The third-order valence-corrected chi connectivity index (χ3v) is 5.87. The number of nitrogens with one attached hydrogen (secondary N) is 1. The second-order valence-electron chi connectivity index (χ2n) is 6.28. The second kappa shape index (κ2) is 7.41. The first-order chi connectivity index (χ1) is 13.5. The van der Waals surface area contributed by atoms with E-state index in [-0.39, 0.29) is 5.91 Å². The van der Waals surface area contributed by atoms with E-state index < -0.39 is 0 Å². The predicted octanol–water partition coefficient (Wildman–Crippen LogP) is 4.62. The number of halogens is 1. The van der Waals surface area contributed by atoms with Crippen LogP contribution < -0.4 is 14.8 Å². The van der Waals surface area contributed by atoms with Crippen LogP contribution in [0.25, 0.3) is 11.3 Å². The Kier molecular flexibility index (Phi) is 4.95. The molecule has 0 atom stereocenters. The number of carbonyl (C=O) groups is 1. The molecule has 1 aromatic heterocycles. The quantitative estimate of drug-likeness (QED) is 0.673. The summed E-state index contributed by atoms with van der Waals surface area (Å²) in [6, 6.07) is 11.0. The van der Waals surface area contributed by atoms with Gasteiger partial charge in [-0.05, 0) is 18.2 Å². The lowest BCUT2D eigenvalue weighted by molar-refractivity contribution is 0.102. The van der Waals surface area contributed by atoms with Crippen molar-refractivity contribution in [2.24, 2.45) is 7.05 Å². The van der Waals surface area contributed by atoms with Crippen molar-refractivity contribution in [1.82, 2.24) is 9.78 Å². The maximum absolute atomic E-state index is 13.0. The SMILES string of the molecule is COc1cc(NC(=O)c2nn(C)c3c2CSc2ccc(Cl)cc2-3)cc(OC)c1. The van der Waals surface area contributed by atoms with E-state index in [0.717, 1.165) is 21.7 Å². The van der Waals surface area contributed by atoms with Gasteiger partial charge in [-0.3, -0.25) is 9.48 Å². The van der Waals surface area contributed by atoms with Crippen LogP contribution >= 0.6 is 23.4 Å². The molecule has 0 radical (unpaired) electrons. The highest BCUT2D eigenvalue weighted by molar-refractivity contribution is 7.98. The Morgan fingerprint density at radius 2 is 1.89 bits per heavy atom. The molecule has 0 bridgehead atoms. The first kappa shape index (κ1) is 18.7. The van der Waals surface area contributed by atoms with Gasteiger partial charge in [0.1, 0.15) is 11.5 Å². The molecule has 4 rings (SSSR count). The summed E-state index contributed by atoms with van der Waals surface area (Å²) in [4.78, 5) is 14.1. The first-order valence-corrected chi connectivity index (χ1v) is 9.89. The smallest absolute Gasteiger partial charge is 0.276 e. The van der Waals surface area contributed by atoms with Gasteiger partial charge in [0.15, 0.2) is 5.69 Å². The van der Waals surface area contributed by atoms with E-state index in [1.165, 1.54) is 0 Å². The number of hydrogen-bond donors (Lipinski definition) is 1. The molecule has 28 heavy (non-hydrogen) atoms. The highest BCUT2D eigenvalue weighted by Gasteiger charge is 2.28. The Labute approximate surface area is 171 Å². The van der Waals surface area contributed by atoms with Gasteiger partial charge in [-0.25, -0.2) is 0 Å². The molecule has 0 fully saturated rings. The standard InChI is InChI=1S/C20H18ClN3O3S/c1-24-19-15-6-11(21)4-5-17(15)28-10-16(19)18(23-24)20(25)22-12-7-13(26-2)9-14(8-12)27-3/h4-9H,10H2,1-3H3,(H,22,25). The number of carbonyl (C=O) groups excluding carboxylic acids is 1. The molecule has 1 amide bonds. The molecule has 1 N–H and O–H groups in total. The summed E-state index contributed by atoms with van der Waals surface area (Å²) < 4.78 is 12.3. The minimum absolute atomic E-state index is 0.279. The lowest BCUT2D eigenvalue weighted by Gasteiger charge is -2.17. The number of aryl methyl sites for hydroxylation is 1. The molecule has 8 heteroatoms. The second-order valence-corrected chi connectivity index (χ2v) is 7.74. The summed E-state index contributed by atoms with van der Waals surface area (Å²) >= 11 is 7.86. The summed E-state index contributed by atoms with van der Waals surface area (Å²) in [6.45, 7) is 0. The fourth-order valence-electron chi connectivity index (χ4n) is 3.26. The van der Waals surface area contributed by atoms with Crippen molar-refractivity contribution in [2.45, 2.75) is 10.6 Å². The van der Waals surface area contributed by atoms with Crippen LogP contribution in [-0.4, -0.2) is 29.9 Å². The van der Waals surface area contributed by atoms with Crippen LogP contribution in [0.1, 0.15) is 16.1 Å². The number of anilines is 1. The number of amides is 1. The van der Waals surface area contributed by atoms with E-state index >= 15 is 0 Å². The number of fused-ring (bicyclic) bond motifs is 3. The zero-order valence-corrected chi connectivity index (χ0v) is 17.1.